The van der Waals surface area contributed by atoms with Crippen LogP contribution >= 0.6 is 11.3 Å². The summed E-state index contributed by atoms with van der Waals surface area (Å²) in [5.74, 6) is -16.2. The van der Waals surface area contributed by atoms with Crippen molar-refractivity contribution >= 4 is 32.4 Å². The minimum atomic E-state index is -5.42. The molecule has 17 heteroatoms. The van der Waals surface area contributed by atoms with Crippen molar-refractivity contribution in [2.75, 3.05) is 0 Å². The molecule has 0 saturated carbocycles. The first-order valence-corrected chi connectivity index (χ1v) is 11.1. The lowest BCUT2D eigenvalue weighted by molar-refractivity contribution is 0.150. The van der Waals surface area contributed by atoms with Crippen LogP contribution in [0.1, 0.15) is 17.3 Å². The predicted octanol–water partition coefficient (Wildman–Crippen LogP) is 5.00. The lowest BCUT2D eigenvalue weighted by atomic mass is 10.2. The van der Waals surface area contributed by atoms with E-state index < -0.39 is 78.0 Å². The highest BCUT2D eigenvalue weighted by atomic mass is 32.2. The van der Waals surface area contributed by atoms with Gasteiger partial charge in [0.25, 0.3) is 6.43 Å². The molecule has 0 aliphatic rings. The van der Waals surface area contributed by atoms with E-state index in [1.807, 2.05) is 0 Å². The summed E-state index contributed by atoms with van der Waals surface area (Å²) in [5, 5.41) is 5.37. The second-order valence-corrected chi connectivity index (χ2v) is 9.16. The molecule has 0 fully saturated rings. The summed E-state index contributed by atoms with van der Waals surface area (Å²) in [6.45, 7) is 1.31. The average Bonchev–Trinajstić information content (AvgIpc) is 3.30. The van der Waals surface area contributed by atoms with Crippen molar-refractivity contribution in [3.8, 4) is 16.5 Å². The molecule has 0 radical (unpaired) electrons. The van der Waals surface area contributed by atoms with E-state index in [0.717, 1.165) is 0 Å². The highest BCUT2D eigenvalue weighted by molar-refractivity contribution is 7.87. The predicted molar refractivity (Wildman–Crippen MR) is 102 cm³/mol. The van der Waals surface area contributed by atoms with Crippen molar-refractivity contribution in [3.63, 3.8) is 0 Å². The van der Waals surface area contributed by atoms with Crippen LogP contribution in [0.4, 0.5) is 35.1 Å². The Morgan fingerprint density at radius 3 is 2.06 bits per heavy atom. The minimum Gasteiger partial charge on any atom is -0.372 e. The zero-order valence-corrected chi connectivity index (χ0v) is 18.2. The Bertz CT molecular complexity index is 1580. The maximum atomic E-state index is 14.8. The fraction of sp³-hybridized carbons (Fsp3) is 0.111. The number of hydrogen-bond donors (Lipinski definition) is 0. The van der Waals surface area contributed by atoms with Gasteiger partial charge in [-0.25, -0.2) is 36.3 Å². The number of fused-ring (bicyclic) bond motifs is 1. The Kier molecular flexibility index (Phi) is 6.08. The largest absolute Gasteiger partial charge is 0.372 e. The molecule has 2 heterocycles. The Labute approximate surface area is 193 Å². The molecule has 184 valence electrons. The van der Waals surface area contributed by atoms with E-state index in [1.165, 1.54) is 6.92 Å². The molecular weight excluding hydrogens is 536 g/mol. The number of rotatable bonds is 5. The van der Waals surface area contributed by atoms with Gasteiger partial charge in [-0.15, -0.1) is 10.2 Å². The van der Waals surface area contributed by atoms with Crippen molar-refractivity contribution in [1.82, 2.24) is 20.2 Å². The van der Waals surface area contributed by atoms with Gasteiger partial charge in [0.2, 0.25) is 34.8 Å². The Morgan fingerprint density at radius 2 is 1.49 bits per heavy atom. The van der Waals surface area contributed by atoms with Crippen molar-refractivity contribution in [1.29, 1.82) is 0 Å². The van der Waals surface area contributed by atoms with E-state index in [9.17, 15) is 43.5 Å². The third-order valence-electron chi connectivity index (χ3n) is 4.32. The lowest BCUT2D eigenvalue weighted by Crippen LogP contribution is -2.15. The molecule has 0 aliphatic carbocycles. The fourth-order valence-corrected chi connectivity index (χ4v) is 4.49. The number of nitrogens with zero attached hydrogens (tertiary/aromatic N) is 4. The van der Waals surface area contributed by atoms with Crippen LogP contribution in [0.3, 0.4) is 0 Å². The molecule has 4 rings (SSSR count). The minimum absolute atomic E-state index is 0.0616. The van der Waals surface area contributed by atoms with Crippen LogP contribution in [-0.2, 0) is 10.1 Å². The van der Waals surface area contributed by atoms with Gasteiger partial charge in [0, 0.05) is 5.39 Å². The van der Waals surface area contributed by atoms with Crippen molar-refractivity contribution in [3.05, 3.63) is 57.9 Å². The molecule has 0 atom stereocenters. The number of halogens is 8. The third-order valence-corrected chi connectivity index (χ3v) is 6.46. The summed E-state index contributed by atoms with van der Waals surface area (Å²) in [5.41, 5.74) is -0.805. The Balaban J connectivity index is 1.90. The number of hydrogen-bond acceptors (Lipinski definition) is 8. The molecule has 35 heavy (non-hydrogen) atoms. The van der Waals surface area contributed by atoms with Crippen LogP contribution in [0.5, 0.6) is 5.75 Å². The van der Waals surface area contributed by atoms with E-state index in [4.69, 9.17) is 0 Å². The SMILES string of the molecule is Cc1nc(-c2nnc(C(F)F)s2)c2cc(S(=O)(=O)Oc3c(F)c(F)c(F)c(F)c3F)cc(F)c2n1. The van der Waals surface area contributed by atoms with Gasteiger partial charge in [-0.3, -0.25) is 0 Å². The topological polar surface area (TPSA) is 94.9 Å². The van der Waals surface area contributed by atoms with Crippen LogP contribution in [0, 0.1) is 41.8 Å². The highest BCUT2D eigenvalue weighted by Crippen LogP contribution is 2.35. The monoisotopic (exact) mass is 542 g/mol. The first-order valence-electron chi connectivity index (χ1n) is 8.87. The number of alkyl halides is 2. The number of benzene rings is 2. The van der Waals surface area contributed by atoms with Gasteiger partial charge < -0.3 is 4.18 Å². The molecule has 0 unspecified atom stereocenters. The van der Waals surface area contributed by atoms with Crippen molar-refractivity contribution in [2.24, 2.45) is 0 Å². The summed E-state index contributed by atoms with van der Waals surface area (Å²) in [6, 6.07) is 0.961. The molecule has 2 aromatic heterocycles. The molecule has 7 nitrogen and oxygen atoms in total. The van der Waals surface area contributed by atoms with E-state index in [-0.39, 0.29) is 16.5 Å². The summed E-state index contributed by atoms with van der Waals surface area (Å²) in [7, 11) is -5.42. The second-order valence-electron chi connectivity index (χ2n) is 6.60. The average molecular weight is 542 g/mol. The number of aryl methyl sites for hydroxylation is 1. The summed E-state index contributed by atoms with van der Waals surface area (Å²) < 4.78 is 138. The van der Waals surface area contributed by atoms with Gasteiger partial charge in [-0.05, 0) is 19.1 Å². The van der Waals surface area contributed by atoms with Gasteiger partial charge >= 0.3 is 10.1 Å². The van der Waals surface area contributed by atoms with Crippen molar-refractivity contribution < 1.29 is 47.7 Å². The van der Waals surface area contributed by atoms with Crippen LogP contribution < -0.4 is 4.18 Å². The van der Waals surface area contributed by atoms with Gasteiger partial charge in [-0.2, -0.15) is 17.2 Å². The Hall–Kier alpha value is -3.47. The molecule has 0 saturated heterocycles. The van der Waals surface area contributed by atoms with Gasteiger partial charge in [0.1, 0.15) is 21.9 Å². The Morgan fingerprint density at radius 1 is 0.886 bits per heavy atom. The molecule has 0 spiro atoms. The smallest absolute Gasteiger partial charge is 0.339 e. The molecular formula is C18H6F8N4O3S2. The second kappa shape index (κ2) is 8.63. The normalized spacial score (nSPS) is 12.1. The molecule has 0 N–H and O–H groups in total. The van der Waals surface area contributed by atoms with E-state index in [0.29, 0.717) is 23.5 Å². The maximum Gasteiger partial charge on any atom is 0.339 e. The molecule has 0 aliphatic heterocycles. The summed E-state index contributed by atoms with van der Waals surface area (Å²) >= 11 is 0.364. The first-order chi connectivity index (χ1) is 16.3. The van der Waals surface area contributed by atoms with Crippen LogP contribution in [0.2, 0.25) is 0 Å². The number of aromatic nitrogens is 4. The standard InChI is InChI=1S/C18H6F8N4O3S2/c1-4-27-13-6(14(28-4)17-29-30-18(34-17)16(25)26)2-5(3-7(13)19)35(31,32)33-15-11(23)9(21)8(20)10(22)12(15)24/h2-3,16H,1H3. The van der Waals surface area contributed by atoms with Crippen molar-refractivity contribution in [2.45, 2.75) is 18.2 Å². The van der Waals surface area contributed by atoms with Crippen LogP contribution in [0.15, 0.2) is 17.0 Å². The molecule has 4 aromatic rings. The fourth-order valence-electron chi connectivity index (χ4n) is 2.82. The first kappa shape index (κ1) is 24.6. The van der Waals surface area contributed by atoms with Gasteiger partial charge in [0.05, 0.1) is 0 Å². The highest BCUT2D eigenvalue weighted by Gasteiger charge is 2.32. The molecule has 2 aromatic carbocycles. The zero-order chi connectivity index (χ0) is 25.8. The van der Waals surface area contributed by atoms with E-state index >= 15 is 0 Å². The van der Waals surface area contributed by atoms with Crippen LogP contribution in [-0.4, -0.2) is 28.6 Å². The third kappa shape index (κ3) is 4.24. The summed E-state index contributed by atoms with van der Waals surface area (Å²) in [4.78, 5) is 6.60. The van der Waals surface area contributed by atoms with Crippen LogP contribution in [0.25, 0.3) is 21.6 Å². The molecule has 0 bridgehead atoms. The summed E-state index contributed by atoms with van der Waals surface area (Å²) in [6.07, 6.45) is -3.00. The zero-order valence-electron chi connectivity index (χ0n) is 16.6. The van der Waals surface area contributed by atoms with Gasteiger partial charge in [0.15, 0.2) is 15.8 Å². The molecule has 0 amide bonds. The maximum absolute atomic E-state index is 14.8. The quantitative estimate of drug-likeness (QED) is 0.152. The van der Waals surface area contributed by atoms with E-state index in [1.54, 1.807) is 0 Å². The van der Waals surface area contributed by atoms with Gasteiger partial charge in [-0.1, -0.05) is 11.3 Å². The lowest BCUT2D eigenvalue weighted by Gasteiger charge is -2.12. The van der Waals surface area contributed by atoms with E-state index in [2.05, 4.69) is 24.3 Å².